The van der Waals surface area contributed by atoms with E-state index in [1.54, 1.807) is 17.9 Å². The number of nitrogens with zero attached hydrogens (tertiary/aromatic N) is 2. The minimum Gasteiger partial charge on any atom is -0.360 e. The fourth-order valence-corrected chi connectivity index (χ4v) is 1.95. The Morgan fingerprint density at radius 3 is 2.55 bits per heavy atom. The quantitative estimate of drug-likeness (QED) is 0.914. The zero-order valence-corrected chi connectivity index (χ0v) is 12.4. The van der Waals surface area contributed by atoms with Gasteiger partial charge in [0.25, 0.3) is 0 Å². The van der Waals surface area contributed by atoms with Gasteiger partial charge in [0.2, 0.25) is 11.8 Å². The number of aromatic nitrogens is 1. The number of carbonyl (C=O) groups is 2. The summed E-state index contributed by atoms with van der Waals surface area (Å²) < 4.78 is 4.89. The predicted molar refractivity (Wildman–Crippen MR) is 74.1 cm³/mol. The van der Waals surface area contributed by atoms with Crippen LogP contribution in [0.5, 0.6) is 0 Å². The lowest BCUT2D eigenvalue weighted by Crippen LogP contribution is -2.50. The number of hydrogen-bond donors (Lipinski definition) is 1. The van der Waals surface area contributed by atoms with Crippen molar-refractivity contribution in [2.45, 2.75) is 46.1 Å². The molecule has 0 unspecified atom stereocenters. The smallest absolute Gasteiger partial charge is 0.245 e. The van der Waals surface area contributed by atoms with Crippen LogP contribution in [0.1, 0.15) is 39.4 Å². The molecular formula is C14H21N3O3. The fraction of sp³-hybridized carbons (Fsp3) is 0.643. The summed E-state index contributed by atoms with van der Waals surface area (Å²) in [6.45, 7) is 7.58. The Morgan fingerprint density at radius 2 is 2.10 bits per heavy atom. The van der Waals surface area contributed by atoms with Gasteiger partial charge in [0.1, 0.15) is 12.3 Å². The first-order chi connectivity index (χ1) is 9.27. The summed E-state index contributed by atoms with van der Waals surface area (Å²) in [5.74, 6) is 0.893. The van der Waals surface area contributed by atoms with Crippen molar-refractivity contribution in [1.29, 1.82) is 0 Å². The number of rotatable bonds is 4. The van der Waals surface area contributed by atoms with Crippen molar-refractivity contribution >= 4 is 17.6 Å². The number of aryl methyl sites for hydroxylation is 1. The van der Waals surface area contributed by atoms with E-state index < -0.39 is 0 Å². The van der Waals surface area contributed by atoms with Crippen molar-refractivity contribution in [1.82, 2.24) is 10.1 Å². The van der Waals surface area contributed by atoms with Gasteiger partial charge in [-0.05, 0) is 40.5 Å². The molecule has 0 spiro atoms. The lowest BCUT2D eigenvalue weighted by Gasteiger charge is -2.35. The molecule has 0 aliphatic heterocycles. The third-order valence-corrected chi connectivity index (χ3v) is 3.20. The molecule has 110 valence electrons. The number of nitrogens with one attached hydrogen (secondary N) is 1. The normalized spacial score (nSPS) is 15.0. The molecule has 1 aliphatic carbocycles. The summed E-state index contributed by atoms with van der Waals surface area (Å²) in [5.41, 5.74) is -0.378. The molecule has 1 aliphatic rings. The van der Waals surface area contributed by atoms with Gasteiger partial charge in [0.05, 0.1) is 0 Å². The zero-order valence-electron chi connectivity index (χ0n) is 12.4. The van der Waals surface area contributed by atoms with E-state index in [4.69, 9.17) is 4.52 Å². The molecule has 6 heteroatoms. The van der Waals surface area contributed by atoms with Crippen molar-refractivity contribution in [3.63, 3.8) is 0 Å². The van der Waals surface area contributed by atoms with Gasteiger partial charge in [-0.1, -0.05) is 5.16 Å². The van der Waals surface area contributed by atoms with Gasteiger partial charge in [-0.2, -0.15) is 0 Å². The fourth-order valence-electron chi connectivity index (χ4n) is 1.95. The average Bonchev–Trinajstić information content (AvgIpc) is 3.09. The van der Waals surface area contributed by atoms with Crippen LogP contribution in [0.4, 0.5) is 5.82 Å². The highest BCUT2D eigenvalue weighted by Crippen LogP contribution is 2.33. The minimum absolute atomic E-state index is 0.0325. The Kier molecular flexibility index (Phi) is 3.83. The van der Waals surface area contributed by atoms with Crippen LogP contribution in [0.15, 0.2) is 10.6 Å². The molecule has 20 heavy (non-hydrogen) atoms. The van der Waals surface area contributed by atoms with Crippen molar-refractivity contribution in [2.24, 2.45) is 5.92 Å². The molecule has 0 bridgehead atoms. The third kappa shape index (κ3) is 3.59. The molecule has 1 aromatic heterocycles. The molecule has 1 saturated carbocycles. The van der Waals surface area contributed by atoms with Crippen LogP contribution >= 0.6 is 0 Å². The molecule has 6 nitrogen and oxygen atoms in total. The van der Waals surface area contributed by atoms with Gasteiger partial charge in [-0.3, -0.25) is 9.59 Å². The van der Waals surface area contributed by atoms with E-state index in [1.807, 2.05) is 20.8 Å². The SMILES string of the molecule is Cc1cc(NC(=O)CN(C(=O)C2CC2)C(C)(C)C)no1. The monoisotopic (exact) mass is 279 g/mol. The number of carbonyl (C=O) groups excluding carboxylic acids is 2. The second-order valence-electron chi connectivity index (χ2n) is 6.24. The van der Waals surface area contributed by atoms with E-state index in [-0.39, 0.29) is 29.8 Å². The van der Waals surface area contributed by atoms with E-state index in [1.165, 1.54) is 0 Å². The van der Waals surface area contributed by atoms with Crippen molar-refractivity contribution in [2.75, 3.05) is 11.9 Å². The summed E-state index contributed by atoms with van der Waals surface area (Å²) in [6.07, 6.45) is 1.85. The van der Waals surface area contributed by atoms with Crippen LogP contribution in [0.3, 0.4) is 0 Å². The Morgan fingerprint density at radius 1 is 1.45 bits per heavy atom. The highest BCUT2D eigenvalue weighted by molar-refractivity contribution is 5.94. The Labute approximate surface area is 118 Å². The molecule has 0 saturated heterocycles. The lowest BCUT2D eigenvalue weighted by molar-refractivity contribution is -0.140. The molecule has 0 atom stereocenters. The molecule has 0 aromatic carbocycles. The average molecular weight is 279 g/mol. The maximum absolute atomic E-state index is 12.3. The largest absolute Gasteiger partial charge is 0.360 e. The topological polar surface area (TPSA) is 75.4 Å². The van der Waals surface area contributed by atoms with Gasteiger partial charge in [-0.25, -0.2) is 0 Å². The molecule has 1 aromatic rings. The molecule has 1 N–H and O–H groups in total. The second kappa shape index (κ2) is 5.26. The van der Waals surface area contributed by atoms with Crippen LogP contribution < -0.4 is 5.32 Å². The molecule has 1 fully saturated rings. The first-order valence-corrected chi connectivity index (χ1v) is 6.82. The highest BCUT2D eigenvalue weighted by atomic mass is 16.5. The molecule has 2 rings (SSSR count). The van der Waals surface area contributed by atoms with Gasteiger partial charge in [0.15, 0.2) is 5.82 Å². The lowest BCUT2D eigenvalue weighted by atomic mass is 10.0. The summed E-state index contributed by atoms with van der Waals surface area (Å²) in [7, 11) is 0. The van der Waals surface area contributed by atoms with Gasteiger partial charge in [-0.15, -0.1) is 0 Å². The maximum atomic E-state index is 12.3. The third-order valence-electron chi connectivity index (χ3n) is 3.20. The van der Waals surface area contributed by atoms with E-state index in [0.717, 1.165) is 12.8 Å². The minimum atomic E-state index is -0.378. The van der Waals surface area contributed by atoms with Crippen molar-refractivity contribution in [3.8, 4) is 0 Å². The van der Waals surface area contributed by atoms with Gasteiger partial charge in [0, 0.05) is 17.5 Å². The Hall–Kier alpha value is -1.85. The number of hydrogen-bond acceptors (Lipinski definition) is 4. The first kappa shape index (κ1) is 14.6. The van der Waals surface area contributed by atoms with Crippen LogP contribution in [-0.2, 0) is 9.59 Å². The number of amides is 2. The van der Waals surface area contributed by atoms with Crippen LogP contribution in [0.2, 0.25) is 0 Å². The first-order valence-electron chi connectivity index (χ1n) is 6.82. The van der Waals surface area contributed by atoms with E-state index >= 15 is 0 Å². The maximum Gasteiger partial charge on any atom is 0.245 e. The summed E-state index contributed by atoms with van der Waals surface area (Å²) >= 11 is 0. The summed E-state index contributed by atoms with van der Waals surface area (Å²) in [5, 5.41) is 6.35. The van der Waals surface area contributed by atoms with Gasteiger partial charge < -0.3 is 14.7 Å². The molecular weight excluding hydrogens is 258 g/mol. The van der Waals surface area contributed by atoms with Gasteiger partial charge >= 0.3 is 0 Å². The molecule has 1 heterocycles. The molecule has 2 amide bonds. The van der Waals surface area contributed by atoms with E-state index in [9.17, 15) is 9.59 Å². The number of anilines is 1. The van der Waals surface area contributed by atoms with Crippen LogP contribution in [0.25, 0.3) is 0 Å². The summed E-state index contributed by atoms with van der Waals surface area (Å²) in [4.78, 5) is 25.9. The van der Waals surface area contributed by atoms with Crippen molar-refractivity contribution < 1.29 is 14.1 Å². The van der Waals surface area contributed by atoms with Crippen LogP contribution in [0, 0.1) is 12.8 Å². The Balaban J connectivity index is 2.00. The summed E-state index contributed by atoms with van der Waals surface area (Å²) in [6, 6.07) is 1.64. The zero-order chi connectivity index (χ0) is 14.9. The van der Waals surface area contributed by atoms with Crippen LogP contribution in [-0.4, -0.2) is 34.0 Å². The Bertz CT molecular complexity index is 512. The van der Waals surface area contributed by atoms with Crippen molar-refractivity contribution in [3.05, 3.63) is 11.8 Å². The molecule has 0 radical (unpaired) electrons. The standard InChI is InChI=1S/C14H21N3O3/c1-9-7-11(16-20-9)15-12(18)8-17(14(2,3)4)13(19)10-5-6-10/h7,10H,5-6,8H2,1-4H3,(H,15,16,18). The highest BCUT2D eigenvalue weighted by Gasteiger charge is 2.38. The predicted octanol–water partition coefficient (Wildman–Crippen LogP) is 1.96. The van der Waals surface area contributed by atoms with E-state index in [0.29, 0.717) is 11.6 Å². The second-order valence-corrected chi connectivity index (χ2v) is 6.24. The van der Waals surface area contributed by atoms with E-state index in [2.05, 4.69) is 10.5 Å².